The predicted molar refractivity (Wildman–Crippen MR) is 84.1 cm³/mol. The molecule has 4 heteroatoms. The molecule has 0 saturated heterocycles. The first-order valence-corrected chi connectivity index (χ1v) is 7.64. The molecule has 0 fully saturated rings. The molecule has 1 atom stereocenters. The predicted octanol–water partition coefficient (Wildman–Crippen LogP) is 4.15. The van der Waals surface area contributed by atoms with Crippen molar-refractivity contribution in [1.82, 2.24) is 5.32 Å². The van der Waals surface area contributed by atoms with Crippen molar-refractivity contribution < 1.29 is 4.79 Å². The first-order chi connectivity index (χ1) is 8.58. The van der Waals surface area contributed by atoms with Crippen molar-refractivity contribution in [2.24, 2.45) is 0 Å². The summed E-state index contributed by atoms with van der Waals surface area (Å²) in [4.78, 5) is 12.0. The van der Waals surface area contributed by atoms with Gasteiger partial charge in [-0.3, -0.25) is 4.79 Å². The fourth-order valence-corrected chi connectivity index (χ4v) is 3.19. The van der Waals surface area contributed by atoms with Crippen LogP contribution in [0.1, 0.15) is 34.5 Å². The van der Waals surface area contributed by atoms with Crippen LogP contribution in [-0.4, -0.2) is 5.91 Å². The molecule has 1 N–H and O–H groups in total. The molecule has 0 spiro atoms. The Morgan fingerprint density at radius 2 is 2.11 bits per heavy atom. The van der Waals surface area contributed by atoms with E-state index in [1.54, 1.807) is 11.3 Å². The van der Waals surface area contributed by atoms with E-state index in [1.807, 2.05) is 30.5 Å². The van der Waals surface area contributed by atoms with Crippen molar-refractivity contribution in [2.75, 3.05) is 0 Å². The van der Waals surface area contributed by atoms with Crippen LogP contribution in [0.15, 0.2) is 35.7 Å². The Balaban J connectivity index is 2.10. The number of carbonyl (C=O) groups excluding carboxylic acids is 1. The van der Waals surface area contributed by atoms with Crippen molar-refractivity contribution in [2.45, 2.75) is 19.9 Å². The normalized spacial score (nSPS) is 12.2. The topological polar surface area (TPSA) is 29.1 Å². The van der Waals surface area contributed by atoms with Crippen LogP contribution in [0.2, 0.25) is 0 Å². The summed E-state index contributed by atoms with van der Waals surface area (Å²) in [6, 6.07) is 10.1. The lowest BCUT2D eigenvalue weighted by Crippen LogP contribution is -2.26. The molecule has 0 aliphatic carbocycles. The van der Waals surface area contributed by atoms with Gasteiger partial charge in [0.15, 0.2) is 0 Å². The SMILES string of the molecule is Cc1ccccc1C(C)NC(=O)c1csc(I)c1. The molecule has 1 amide bonds. The fourth-order valence-electron chi connectivity index (χ4n) is 1.86. The van der Waals surface area contributed by atoms with Gasteiger partial charge in [0.2, 0.25) is 0 Å². The number of hydrogen-bond acceptors (Lipinski definition) is 2. The summed E-state index contributed by atoms with van der Waals surface area (Å²) in [6.45, 7) is 4.07. The van der Waals surface area contributed by atoms with Crippen LogP contribution in [0.5, 0.6) is 0 Å². The third-order valence-corrected chi connectivity index (χ3v) is 4.62. The highest BCUT2D eigenvalue weighted by molar-refractivity contribution is 14.1. The van der Waals surface area contributed by atoms with Crippen LogP contribution < -0.4 is 5.32 Å². The standard InChI is InChI=1S/C14H14INOS/c1-9-5-3-4-6-12(9)10(2)16-14(17)11-7-13(15)18-8-11/h3-8,10H,1-2H3,(H,16,17). The zero-order chi connectivity index (χ0) is 13.1. The van der Waals surface area contributed by atoms with E-state index in [2.05, 4.69) is 47.0 Å². The molecular formula is C14H14INOS. The van der Waals surface area contributed by atoms with E-state index >= 15 is 0 Å². The molecule has 1 aromatic heterocycles. The molecule has 0 saturated carbocycles. The maximum atomic E-state index is 12.0. The van der Waals surface area contributed by atoms with Crippen molar-refractivity contribution in [1.29, 1.82) is 0 Å². The molecule has 1 aromatic carbocycles. The van der Waals surface area contributed by atoms with Crippen LogP contribution >= 0.6 is 33.9 Å². The average Bonchev–Trinajstić information content (AvgIpc) is 2.76. The number of rotatable bonds is 3. The average molecular weight is 371 g/mol. The number of nitrogens with one attached hydrogen (secondary N) is 1. The first kappa shape index (κ1) is 13.5. The van der Waals surface area contributed by atoms with Crippen LogP contribution in [0, 0.1) is 9.81 Å². The van der Waals surface area contributed by atoms with Gasteiger partial charge >= 0.3 is 0 Å². The number of carbonyl (C=O) groups is 1. The van der Waals surface area contributed by atoms with Gasteiger partial charge in [-0.1, -0.05) is 24.3 Å². The third-order valence-electron chi connectivity index (χ3n) is 2.83. The van der Waals surface area contributed by atoms with E-state index in [4.69, 9.17) is 0 Å². The minimum absolute atomic E-state index is 0.00933. The van der Waals surface area contributed by atoms with Crippen LogP contribution in [-0.2, 0) is 0 Å². The Hall–Kier alpha value is -0.880. The number of hydrogen-bond donors (Lipinski definition) is 1. The molecular weight excluding hydrogens is 357 g/mol. The van der Waals surface area contributed by atoms with Crippen molar-refractivity contribution >= 4 is 39.8 Å². The largest absolute Gasteiger partial charge is 0.345 e. The molecule has 1 heterocycles. The zero-order valence-corrected chi connectivity index (χ0v) is 13.2. The number of thiophene rings is 1. The molecule has 0 aliphatic heterocycles. The van der Waals surface area contributed by atoms with E-state index in [9.17, 15) is 4.79 Å². The third kappa shape index (κ3) is 3.11. The summed E-state index contributed by atoms with van der Waals surface area (Å²) in [5.74, 6) is -0.00933. The summed E-state index contributed by atoms with van der Waals surface area (Å²) in [5.41, 5.74) is 3.10. The number of amides is 1. The Kier molecular flexibility index (Phi) is 4.40. The second-order valence-electron chi connectivity index (χ2n) is 4.19. The van der Waals surface area contributed by atoms with E-state index < -0.39 is 0 Å². The van der Waals surface area contributed by atoms with Gasteiger partial charge in [0.05, 0.1) is 14.5 Å². The maximum absolute atomic E-state index is 12.0. The quantitative estimate of drug-likeness (QED) is 0.807. The highest BCUT2D eigenvalue weighted by atomic mass is 127. The lowest BCUT2D eigenvalue weighted by molar-refractivity contribution is 0.0940. The lowest BCUT2D eigenvalue weighted by Gasteiger charge is -2.16. The minimum atomic E-state index is -0.00933. The molecule has 0 aliphatic rings. The summed E-state index contributed by atoms with van der Waals surface area (Å²) in [7, 11) is 0. The van der Waals surface area contributed by atoms with Crippen LogP contribution in [0.4, 0.5) is 0 Å². The van der Waals surface area contributed by atoms with Gasteiger partial charge in [0.25, 0.3) is 5.91 Å². The maximum Gasteiger partial charge on any atom is 0.252 e. The van der Waals surface area contributed by atoms with Crippen molar-refractivity contribution in [3.63, 3.8) is 0 Å². The number of benzene rings is 1. The molecule has 0 radical (unpaired) electrons. The van der Waals surface area contributed by atoms with Gasteiger partial charge in [0.1, 0.15) is 0 Å². The second-order valence-corrected chi connectivity index (χ2v) is 7.00. The zero-order valence-electron chi connectivity index (χ0n) is 10.2. The number of aryl methyl sites for hydroxylation is 1. The van der Waals surface area contributed by atoms with Crippen LogP contribution in [0.25, 0.3) is 0 Å². The van der Waals surface area contributed by atoms with E-state index in [0.717, 1.165) is 14.0 Å². The molecule has 0 bridgehead atoms. The molecule has 2 aromatic rings. The molecule has 2 nitrogen and oxygen atoms in total. The second kappa shape index (κ2) is 5.84. The summed E-state index contributed by atoms with van der Waals surface area (Å²) in [5, 5.41) is 4.92. The van der Waals surface area contributed by atoms with Crippen molar-refractivity contribution in [3.05, 3.63) is 55.3 Å². The van der Waals surface area contributed by atoms with Crippen LogP contribution in [0.3, 0.4) is 0 Å². The van der Waals surface area contributed by atoms with E-state index in [-0.39, 0.29) is 11.9 Å². The molecule has 1 unspecified atom stereocenters. The Morgan fingerprint density at radius 3 is 2.72 bits per heavy atom. The highest BCUT2D eigenvalue weighted by Gasteiger charge is 2.13. The molecule has 94 valence electrons. The van der Waals surface area contributed by atoms with Gasteiger partial charge < -0.3 is 5.32 Å². The summed E-state index contributed by atoms with van der Waals surface area (Å²) in [6.07, 6.45) is 0. The van der Waals surface area contributed by atoms with Gasteiger partial charge in [0, 0.05) is 5.38 Å². The molecule has 2 rings (SSSR count). The van der Waals surface area contributed by atoms with E-state index in [1.165, 1.54) is 5.56 Å². The summed E-state index contributed by atoms with van der Waals surface area (Å²) >= 11 is 3.81. The smallest absolute Gasteiger partial charge is 0.252 e. The lowest BCUT2D eigenvalue weighted by atomic mass is 10.0. The highest BCUT2D eigenvalue weighted by Crippen LogP contribution is 2.20. The summed E-state index contributed by atoms with van der Waals surface area (Å²) < 4.78 is 1.13. The van der Waals surface area contributed by atoms with Gasteiger partial charge in [-0.05, 0) is 53.6 Å². The van der Waals surface area contributed by atoms with E-state index in [0.29, 0.717) is 0 Å². The van der Waals surface area contributed by atoms with Gasteiger partial charge in [-0.2, -0.15) is 0 Å². The van der Waals surface area contributed by atoms with Gasteiger partial charge in [-0.15, -0.1) is 11.3 Å². The Morgan fingerprint density at radius 1 is 1.39 bits per heavy atom. The molecule has 18 heavy (non-hydrogen) atoms. The first-order valence-electron chi connectivity index (χ1n) is 5.68. The monoisotopic (exact) mass is 371 g/mol. The van der Waals surface area contributed by atoms with Gasteiger partial charge in [-0.25, -0.2) is 0 Å². The number of halogens is 1. The minimum Gasteiger partial charge on any atom is -0.345 e. The van der Waals surface area contributed by atoms with Crippen molar-refractivity contribution in [3.8, 4) is 0 Å². The Bertz CT molecular complexity index is 564. The Labute approximate surface area is 125 Å². The fraction of sp³-hybridized carbons (Fsp3) is 0.214.